The van der Waals surface area contributed by atoms with Crippen molar-refractivity contribution >= 4 is 39.7 Å². The van der Waals surface area contributed by atoms with Gasteiger partial charge in [-0.05, 0) is 86.1 Å². The maximum Gasteiger partial charge on any atom is 0.238 e. The molecule has 1 amide bonds. The molecule has 35 heavy (non-hydrogen) atoms. The molecule has 1 fully saturated rings. The first-order valence-electron chi connectivity index (χ1n) is 11.8. The average Bonchev–Trinajstić information content (AvgIpc) is 3.37. The second-order valence-electron chi connectivity index (χ2n) is 11.1. The van der Waals surface area contributed by atoms with Crippen molar-refractivity contribution in [1.29, 1.82) is 4.78 Å². The Hall–Kier alpha value is -2.51. The summed E-state index contributed by atoms with van der Waals surface area (Å²) in [5.41, 5.74) is 4.22. The van der Waals surface area contributed by atoms with Gasteiger partial charge in [0.2, 0.25) is 5.91 Å². The Kier molecular flexibility index (Phi) is 6.70. The zero-order valence-corrected chi connectivity index (χ0v) is 23.2. The van der Waals surface area contributed by atoms with Gasteiger partial charge >= 0.3 is 0 Å². The highest BCUT2D eigenvalue weighted by Crippen LogP contribution is 2.47. The predicted molar refractivity (Wildman–Crippen MR) is 150 cm³/mol. The van der Waals surface area contributed by atoms with Crippen LogP contribution in [-0.4, -0.2) is 23.8 Å². The molecule has 2 aliphatic rings. The molecule has 2 aromatic rings. The highest BCUT2D eigenvalue weighted by Gasteiger charge is 2.36. The summed E-state index contributed by atoms with van der Waals surface area (Å²) in [6.45, 7) is 12.6. The SMILES string of the molecule is CN(C1=CC=CS1=N)c1ccc(N2C(=O)CSC2c2cc(C(C)(C)C)c(O)c(C(C)(C)C)c2)cc1. The van der Waals surface area contributed by atoms with E-state index in [-0.39, 0.29) is 22.1 Å². The van der Waals surface area contributed by atoms with Crippen LogP contribution in [0, 0.1) is 4.78 Å². The molecule has 0 saturated carbocycles. The van der Waals surface area contributed by atoms with Crippen molar-refractivity contribution in [1.82, 2.24) is 0 Å². The van der Waals surface area contributed by atoms with Gasteiger partial charge in [-0.1, -0.05) is 47.6 Å². The van der Waals surface area contributed by atoms with Crippen LogP contribution in [0.5, 0.6) is 5.75 Å². The Bertz CT molecular complexity index is 1200. The number of carbonyl (C=O) groups excluding carboxylic acids is 1. The van der Waals surface area contributed by atoms with E-state index >= 15 is 0 Å². The standard InChI is InChI=1S/C28H35N3O2S2/c1-27(2,3)21-15-18(16-22(25(21)33)28(4,5)6)26-31(23(32)17-34-26)20-12-10-19(11-13-20)30(7)24-9-8-14-35(24)29/h8-16,26,29,33H,17H2,1-7H3. The Morgan fingerprint density at radius 3 is 2.11 bits per heavy atom. The largest absolute Gasteiger partial charge is 0.507 e. The number of rotatable bonds is 4. The molecule has 2 N–H and O–H groups in total. The monoisotopic (exact) mass is 509 g/mol. The van der Waals surface area contributed by atoms with E-state index in [0.29, 0.717) is 11.5 Å². The lowest BCUT2D eigenvalue weighted by atomic mass is 9.78. The van der Waals surface area contributed by atoms with Gasteiger partial charge in [-0.25, -0.2) is 0 Å². The Labute approximate surface area is 215 Å². The second-order valence-corrected chi connectivity index (χ2v) is 13.6. The predicted octanol–water partition coefficient (Wildman–Crippen LogP) is 6.95. The van der Waals surface area contributed by atoms with E-state index in [1.807, 2.05) is 58.7 Å². The summed E-state index contributed by atoms with van der Waals surface area (Å²) in [6.07, 6.45) is 3.90. The van der Waals surface area contributed by atoms with Gasteiger partial charge in [0.25, 0.3) is 0 Å². The van der Waals surface area contributed by atoms with Gasteiger partial charge in [-0.15, -0.1) is 11.8 Å². The molecule has 4 rings (SSSR count). The lowest BCUT2D eigenvalue weighted by Gasteiger charge is -2.31. The number of nitrogens with one attached hydrogen (secondary N) is 1. The molecule has 0 aromatic heterocycles. The van der Waals surface area contributed by atoms with Crippen LogP contribution in [-0.2, 0) is 26.3 Å². The van der Waals surface area contributed by atoms with Crippen molar-refractivity contribution in [2.45, 2.75) is 57.7 Å². The van der Waals surface area contributed by atoms with Crippen molar-refractivity contribution in [3.05, 3.63) is 75.7 Å². The molecule has 2 aromatic carbocycles. The molecule has 1 saturated heterocycles. The van der Waals surface area contributed by atoms with Crippen molar-refractivity contribution in [2.75, 3.05) is 22.6 Å². The maximum atomic E-state index is 13.1. The maximum absolute atomic E-state index is 13.1. The summed E-state index contributed by atoms with van der Waals surface area (Å²) in [5.74, 6) is 0.855. The number of hydrogen-bond acceptors (Lipinski definition) is 5. The fourth-order valence-corrected chi connectivity index (χ4v) is 6.62. The first-order chi connectivity index (χ1) is 16.3. The van der Waals surface area contributed by atoms with E-state index in [1.165, 1.54) is 0 Å². The molecule has 2 atom stereocenters. The van der Waals surface area contributed by atoms with Crippen LogP contribution in [0.1, 0.15) is 63.6 Å². The first-order valence-corrected chi connectivity index (χ1v) is 14.1. The molecule has 186 valence electrons. The van der Waals surface area contributed by atoms with Crippen LogP contribution in [0.4, 0.5) is 11.4 Å². The number of aromatic hydroxyl groups is 1. The third-order valence-corrected chi connectivity index (χ3v) is 8.93. The van der Waals surface area contributed by atoms with Crippen LogP contribution in [0.25, 0.3) is 0 Å². The average molecular weight is 510 g/mol. The zero-order chi connectivity index (χ0) is 25.7. The molecule has 2 aliphatic heterocycles. The van der Waals surface area contributed by atoms with E-state index in [4.69, 9.17) is 4.78 Å². The lowest BCUT2D eigenvalue weighted by Crippen LogP contribution is -2.28. The minimum Gasteiger partial charge on any atom is -0.507 e. The number of benzene rings is 2. The third-order valence-electron chi connectivity index (χ3n) is 6.43. The summed E-state index contributed by atoms with van der Waals surface area (Å²) < 4.78 is 8.19. The van der Waals surface area contributed by atoms with Gasteiger partial charge in [0, 0.05) is 18.4 Å². The van der Waals surface area contributed by atoms with E-state index in [0.717, 1.165) is 33.1 Å². The Balaban J connectivity index is 1.72. The summed E-state index contributed by atoms with van der Waals surface area (Å²) >= 11 is 1.63. The van der Waals surface area contributed by atoms with Crippen molar-refractivity contribution in [3.63, 3.8) is 0 Å². The van der Waals surface area contributed by atoms with Gasteiger partial charge in [-0.2, -0.15) is 0 Å². The first kappa shape index (κ1) is 25.6. The number of anilines is 2. The zero-order valence-electron chi connectivity index (χ0n) is 21.5. The van der Waals surface area contributed by atoms with Crippen LogP contribution >= 0.6 is 11.8 Å². The lowest BCUT2D eigenvalue weighted by molar-refractivity contribution is -0.115. The molecule has 2 unspecified atom stereocenters. The van der Waals surface area contributed by atoms with E-state index in [9.17, 15) is 9.90 Å². The summed E-state index contributed by atoms with van der Waals surface area (Å²) in [7, 11) is 1.33. The van der Waals surface area contributed by atoms with E-state index in [2.05, 4.69) is 53.7 Å². The molecule has 0 radical (unpaired) electrons. The molecule has 0 bridgehead atoms. The molecule has 0 aliphatic carbocycles. The fraction of sp³-hybridized carbons (Fsp3) is 0.393. The molecule has 7 heteroatoms. The van der Waals surface area contributed by atoms with Gasteiger partial charge in [-0.3, -0.25) is 14.5 Å². The number of carbonyl (C=O) groups is 1. The molecular formula is C28H35N3O2S2. The van der Waals surface area contributed by atoms with Crippen molar-refractivity contribution < 1.29 is 9.90 Å². The highest BCUT2D eigenvalue weighted by atomic mass is 32.2. The quantitative estimate of drug-likeness (QED) is 0.468. The van der Waals surface area contributed by atoms with Crippen LogP contribution < -0.4 is 9.80 Å². The number of phenolic OH excluding ortho intramolecular Hbond substituents is 1. The third kappa shape index (κ3) is 4.94. The van der Waals surface area contributed by atoms with Crippen molar-refractivity contribution in [3.8, 4) is 5.75 Å². The van der Waals surface area contributed by atoms with Crippen LogP contribution in [0.3, 0.4) is 0 Å². The number of allylic oxidation sites excluding steroid dienone is 2. The second kappa shape index (κ2) is 9.17. The van der Waals surface area contributed by atoms with Gasteiger partial charge < -0.3 is 10.0 Å². The topological polar surface area (TPSA) is 67.6 Å². The number of amides is 1. The van der Waals surface area contributed by atoms with Crippen LogP contribution in [0.2, 0.25) is 0 Å². The van der Waals surface area contributed by atoms with E-state index < -0.39 is 10.7 Å². The minimum absolute atomic E-state index is 0.0826. The van der Waals surface area contributed by atoms with Gasteiger partial charge in [0.05, 0.1) is 10.8 Å². The fourth-order valence-electron chi connectivity index (χ4n) is 4.46. The molecular weight excluding hydrogens is 474 g/mol. The Morgan fingerprint density at radius 2 is 1.63 bits per heavy atom. The minimum atomic E-state index is -0.638. The normalized spacial score (nSPS) is 20.5. The van der Waals surface area contributed by atoms with Gasteiger partial charge in [0.15, 0.2) is 0 Å². The number of hydrogen-bond donors (Lipinski definition) is 2. The number of phenols is 1. The van der Waals surface area contributed by atoms with Crippen LogP contribution in [0.15, 0.2) is 59.0 Å². The molecule has 5 nitrogen and oxygen atoms in total. The molecule has 2 heterocycles. The van der Waals surface area contributed by atoms with Crippen molar-refractivity contribution in [2.24, 2.45) is 0 Å². The number of nitrogens with zero attached hydrogens (tertiary/aromatic N) is 2. The summed E-state index contributed by atoms with van der Waals surface area (Å²) in [5, 5.41) is 13.8. The van der Waals surface area contributed by atoms with Gasteiger partial charge in [0.1, 0.15) is 11.1 Å². The van der Waals surface area contributed by atoms with E-state index in [1.54, 1.807) is 11.8 Å². The summed E-state index contributed by atoms with van der Waals surface area (Å²) in [4.78, 5) is 17.0. The molecule has 0 spiro atoms. The smallest absolute Gasteiger partial charge is 0.238 e. The number of thioether (sulfide) groups is 1. The highest BCUT2D eigenvalue weighted by molar-refractivity contribution is 8.00. The Morgan fingerprint density at radius 1 is 1.06 bits per heavy atom. The summed E-state index contributed by atoms with van der Waals surface area (Å²) in [6, 6.07) is 12.1.